The third kappa shape index (κ3) is 6.96. The molecule has 3 unspecified atom stereocenters. The minimum Gasteiger partial charge on any atom is -1.00 e. The van der Waals surface area contributed by atoms with Crippen LogP contribution in [-0.4, -0.2) is 0 Å². The number of fused-ring (bicyclic) bond motifs is 2. The molecule has 0 heterocycles. The van der Waals surface area contributed by atoms with Gasteiger partial charge in [-0.05, 0) is 23.7 Å². The summed E-state index contributed by atoms with van der Waals surface area (Å²) in [5, 5.41) is 5.58. The minimum atomic E-state index is 0. The van der Waals surface area contributed by atoms with E-state index in [0.29, 0.717) is 0 Å². The zero-order chi connectivity index (χ0) is 17.8. The fourth-order valence-corrected chi connectivity index (χ4v) is 5.01. The van der Waals surface area contributed by atoms with Gasteiger partial charge in [-0.3, -0.25) is 0 Å². The molecule has 3 aromatic carbocycles. The SMILES string of the molecule is C1=CC2[CH-]CCC2C=C1.Cc1ccccc1Pc1cc2ccccc2[cH-]1.[Cl-].[Cl-].[Hf+4]. The van der Waals surface area contributed by atoms with Crippen molar-refractivity contribution in [3.63, 3.8) is 0 Å². The zero-order valence-electron chi connectivity index (χ0n) is 16.5. The number of halogens is 2. The van der Waals surface area contributed by atoms with E-state index in [4.69, 9.17) is 0 Å². The molecule has 0 bridgehead atoms. The van der Waals surface area contributed by atoms with Crippen molar-refractivity contribution in [3.05, 3.63) is 97.0 Å². The molecule has 0 aliphatic heterocycles. The van der Waals surface area contributed by atoms with Gasteiger partial charge in [0, 0.05) is 0 Å². The smallest absolute Gasteiger partial charge is 1.00 e. The predicted molar refractivity (Wildman–Crippen MR) is 117 cm³/mol. The summed E-state index contributed by atoms with van der Waals surface area (Å²) in [5.41, 5.74) is 1.39. The van der Waals surface area contributed by atoms with Crippen LogP contribution in [0.15, 0.2) is 85.0 Å². The molecular formula is C25H25Cl2HfP. The fraction of sp³-hybridized carbons (Fsp3) is 0.200. The molecule has 3 atom stereocenters. The van der Waals surface area contributed by atoms with Crippen LogP contribution in [0.25, 0.3) is 10.8 Å². The molecule has 1 fully saturated rings. The maximum Gasteiger partial charge on any atom is 4.00 e. The van der Waals surface area contributed by atoms with E-state index in [1.54, 1.807) is 0 Å². The third-order valence-corrected chi connectivity index (χ3v) is 6.69. The summed E-state index contributed by atoms with van der Waals surface area (Å²) in [4.78, 5) is 0. The summed E-state index contributed by atoms with van der Waals surface area (Å²) in [6.45, 7) is 2.19. The molecule has 0 spiro atoms. The van der Waals surface area contributed by atoms with E-state index in [1.165, 1.54) is 39.8 Å². The average Bonchev–Trinajstić information content (AvgIpc) is 3.30. The summed E-state index contributed by atoms with van der Waals surface area (Å²) in [5.74, 6) is 1.62. The molecule has 1 saturated carbocycles. The molecule has 0 aromatic heterocycles. The van der Waals surface area contributed by atoms with E-state index in [1.807, 2.05) is 0 Å². The Kier molecular flexibility index (Phi) is 11.8. The van der Waals surface area contributed by atoms with Crippen molar-refractivity contribution in [2.75, 3.05) is 0 Å². The molecule has 148 valence electrons. The van der Waals surface area contributed by atoms with Crippen LogP contribution in [0.4, 0.5) is 0 Å². The Bertz CT molecular complexity index is 894. The van der Waals surface area contributed by atoms with Crippen molar-refractivity contribution < 1.29 is 50.7 Å². The molecule has 0 nitrogen and oxygen atoms in total. The first-order valence-electron chi connectivity index (χ1n) is 9.46. The van der Waals surface area contributed by atoms with Crippen LogP contribution in [0.2, 0.25) is 0 Å². The van der Waals surface area contributed by atoms with Crippen molar-refractivity contribution in [3.8, 4) is 0 Å². The van der Waals surface area contributed by atoms with E-state index in [2.05, 4.69) is 98.3 Å². The summed E-state index contributed by atoms with van der Waals surface area (Å²) < 4.78 is 0. The number of aryl methyl sites for hydroxylation is 1. The van der Waals surface area contributed by atoms with Crippen LogP contribution in [0, 0.1) is 25.2 Å². The molecule has 4 heteroatoms. The largest absolute Gasteiger partial charge is 4.00 e. The Morgan fingerprint density at radius 1 is 0.931 bits per heavy atom. The second-order valence-corrected chi connectivity index (χ2v) is 8.50. The van der Waals surface area contributed by atoms with Crippen LogP contribution < -0.4 is 35.4 Å². The van der Waals surface area contributed by atoms with E-state index < -0.39 is 0 Å². The van der Waals surface area contributed by atoms with Gasteiger partial charge in [0.25, 0.3) is 0 Å². The first-order chi connectivity index (χ1) is 12.8. The molecule has 0 radical (unpaired) electrons. The van der Waals surface area contributed by atoms with Gasteiger partial charge >= 0.3 is 25.8 Å². The maximum atomic E-state index is 2.42. The molecule has 3 aromatic rings. The summed E-state index contributed by atoms with van der Waals surface area (Å²) in [6, 6.07) is 21.8. The first kappa shape index (κ1) is 26.4. The van der Waals surface area contributed by atoms with Crippen molar-refractivity contribution in [2.24, 2.45) is 11.8 Å². The molecule has 2 aliphatic rings. The molecule has 0 amide bonds. The fourth-order valence-electron chi connectivity index (χ4n) is 3.78. The van der Waals surface area contributed by atoms with Crippen molar-refractivity contribution in [1.82, 2.24) is 0 Å². The standard InChI is InChI=1S/C16H14P.C9H11.2ClH.Hf/c1-12-6-2-5-9-16(12)17-15-10-13-7-3-4-8-14(13)11-15;1-2-5-9-7-3-6-8(9)4-1;;;/h2-11,17H,1H3;1-2,4-6,8-9H,3,7H2;2*1H;/q2*-1;;;+4/p-2. The number of rotatable bonds is 2. The molecule has 0 saturated heterocycles. The normalized spacial score (nSPS) is 18.9. The quantitative estimate of drug-likeness (QED) is 0.217. The molecule has 5 rings (SSSR count). The number of hydrogen-bond donors (Lipinski definition) is 0. The van der Waals surface area contributed by atoms with Gasteiger partial charge in [-0.2, -0.15) is 12.5 Å². The van der Waals surface area contributed by atoms with Gasteiger partial charge in [-0.15, -0.1) is 52.3 Å². The van der Waals surface area contributed by atoms with Crippen LogP contribution in [0.3, 0.4) is 0 Å². The monoisotopic (exact) mass is 606 g/mol. The molecule has 2 aliphatic carbocycles. The van der Waals surface area contributed by atoms with Gasteiger partial charge in [0.15, 0.2) is 0 Å². The summed E-state index contributed by atoms with van der Waals surface area (Å²) >= 11 is 0. The van der Waals surface area contributed by atoms with Gasteiger partial charge < -0.3 is 31.2 Å². The second-order valence-electron chi connectivity index (χ2n) is 7.14. The Morgan fingerprint density at radius 3 is 2.41 bits per heavy atom. The number of allylic oxidation sites excluding steroid dienone is 4. The maximum absolute atomic E-state index is 2.42. The van der Waals surface area contributed by atoms with Gasteiger partial charge in [-0.25, -0.2) is 0 Å². The Morgan fingerprint density at radius 2 is 1.66 bits per heavy atom. The Hall–Kier alpha value is -0.590. The first-order valence-corrected chi connectivity index (χ1v) is 10.5. The molecule has 29 heavy (non-hydrogen) atoms. The van der Waals surface area contributed by atoms with E-state index in [-0.39, 0.29) is 50.7 Å². The van der Waals surface area contributed by atoms with Gasteiger partial charge in [0.1, 0.15) is 0 Å². The minimum absolute atomic E-state index is 0. The Balaban J connectivity index is 0.000000302. The average molecular weight is 606 g/mol. The van der Waals surface area contributed by atoms with E-state index >= 15 is 0 Å². The zero-order valence-corrected chi connectivity index (χ0v) is 22.6. The molecular weight excluding hydrogens is 581 g/mol. The van der Waals surface area contributed by atoms with E-state index in [9.17, 15) is 0 Å². The predicted octanol–water partition coefficient (Wildman–Crippen LogP) is -0.155. The van der Waals surface area contributed by atoms with E-state index in [0.717, 1.165) is 20.4 Å². The summed E-state index contributed by atoms with van der Waals surface area (Å²) in [7, 11) is 0.759. The topological polar surface area (TPSA) is 0 Å². The van der Waals surface area contributed by atoms with Gasteiger partial charge in [-0.1, -0.05) is 63.6 Å². The van der Waals surface area contributed by atoms with Crippen molar-refractivity contribution >= 4 is 30.0 Å². The third-order valence-electron chi connectivity index (χ3n) is 5.28. The number of hydrogen-bond acceptors (Lipinski definition) is 0. The van der Waals surface area contributed by atoms with Crippen LogP contribution in [0.5, 0.6) is 0 Å². The van der Waals surface area contributed by atoms with Crippen LogP contribution in [0.1, 0.15) is 18.4 Å². The van der Waals surface area contributed by atoms with Crippen molar-refractivity contribution in [2.45, 2.75) is 19.8 Å². The molecule has 0 N–H and O–H groups in total. The second kappa shape index (κ2) is 13.0. The van der Waals surface area contributed by atoms with Crippen LogP contribution in [-0.2, 0) is 25.8 Å². The van der Waals surface area contributed by atoms with Gasteiger partial charge in [0.05, 0.1) is 0 Å². The number of benzene rings is 2. The van der Waals surface area contributed by atoms with Crippen molar-refractivity contribution in [1.29, 1.82) is 0 Å². The Labute approximate surface area is 208 Å². The van der Waals surface area contributed by atoms with Gasteiger partial charge in [0.2, 0.25) is 0 Å². The van der Waals surface area contributed by atoms with Crippen LogP contribution >= 0.6 is 8.58 Å². The summed E-state index contributed by atoms with van der Waals surface area (Å²) in [6.07, 6.45) is 14.1.